The summed E-state index contributed by atoms with van der Waals surface area (Å²) in [5, 5.41) is 9.93. The van der Waals surface area contributed by atoms with Crippen LogP contribution in [-0.4, -0.2) is 52.3 Å². The van der Waals surface area contributed by atoms with Gasteiger partial charge >= 0.3 is 19.8 Å². The second-order valence-electron chi connectivity index (χ2n) is 7.88. The first-order valence-electron chi connectivity index (χ1n) is 12.0. The third-order valence-corrected chi connectivity index (χ3v) is 4.97. The summed E-state index contributed by atoms with van der Waals surface area (Å²) in [6.07, 6.45) is 21.3. The number of phosphoric ester groups is 1. The third-order valence-electron chi connectivity index (χ3n) is 4.48. The maximum Gasteiger partial charge on any atom is 0.469 e. The first kappa shape index (κ1) is 33.0. The molecule has 0 rings (SSSR count). The summed E-state index contributed by atoms with van der Waals surface area (Å²) in [5.74, 6) is -1.22. The molecule has 9 nitrogen and oxygen atoms in total. The number of rotatable bonds is 20. The molecule has 0 aromatic carbocycles. The minimum absolute atomic E-state index is 0.126. The normalized spacial score (nSPS) is 14.3. The quantitative estimate of drug-likeness (QED) is 0.0691. The summed E-state index contributed by atoms with van der Waals surface area (Å²) in [4.78, 5) is 40.3. The van der Waals surface area contributed by atoms with Crippen LogP contribution < -0.4 is 0 Å². The monoisotopic (exact) mass is 516 g/mol. The second-order valence-corrected chi connectivity index (χ2v) is 9.12. The van der Waals surface area contributed by atoms with Gasteiger partial charge in [-0.3, -0.25) is 14.1 Å². The van der Waals surface area contributed by atoms with Gasteiger partial charge in [0.1, 0.15) is 6.61 Å². The number of hydrogen-bond donors (Lipinski definition) is 3. The van der Waals surface area contributed by atoms with Crippen molar-refractivity contribution in [3.63, 3.8) is 0 Å². The van der Waals surface area contributed by atoms with E-state index in [9.17, 15) is 19.3 Å². The Bertz CT molecular complexity index is 737. The SMILES string of the molecule is CCCCC/C=C\C/C=C\CC(O)/C=C\C=C\CCCC(=O)OC[C@H](COP(=O)(O)O)OC(C)=O. The van der Waals surface area contributed by atoms with Crippen LogP contribution in [0, 0.1) is 0 Å². The van der Waals surface area contributed by atoms with Crippen molar-refractivity contribution in [2.24, 2.45) is 0 Å². The van der Waals surface area contributed by atoms with Gasteiger partial charge in [-0.25, -0.2) is 4.57 Å². The van der Waals surface area contributed by atoms with Crippen molar-refractivity contribution < 1.29 is 43.0 Å². The fourth-order valence-electron chi connectivity index (χ4n) is 2.74. The van der Waals surface area contributed by atoms with Gasteiger partial charge in [0, 0.05) is 13.3 Å². The molecule has 0 aliphatic carbocycles. The molecule has 3 N–H and O–H groups in total. The topological polar surface area (TPSA) is 140 Å². The van der Waals surface area contributed by atoms with Gasteiger partial charge < -0.3 is 24.4 Å². The van der Waals surface area contributed by atoms with Gasteiger partial charge in [0.05, 0.1) is 12.7 Å². The van der Waals surface area contributed by atoms with Crippen molar-refractivity contribution in [3.8, 4) is 0 Å². The lowest BCUT2D eigenvalue weighted by atomic mass is 10.2. The van der Waals surface area contributed by atoms with E-state index in [4.69, 9.17) is 19.3 Å². The molecule has 10 heteroatoms. The van der Waals surface area contributed by atoms with Crippen molar-refractivity contribution in [1.29, 1.82) is 0 Å². The average molecular weight is 517 g/mol. The van der Waals surface area contributed by atoms with E-state index < -0.39 is 38.6 Å². The van der Waals surface area contributed by atoms with Gasteiger partial charge in [-0.05, 0) is 38.5 Å². The Morgan fingerprint density at radius 2 is 1.66 bits per heavy atom. The first-order chi connectivity index (χ1) is 16.6. The highest BCUT2D eigenvalue weighted by atomic mass is 31.2. The molecule has 0 fully saturated rings. The highest BCUT2D eigenvalue weighted by Crippen LogP contribution is 2.35. The smallest absolute Gasteiger partial charge is 0.462 e. The first-order valence-corrected chi connectivity index (χ1v) is 13.5. The van der Waals surface area contributed by atoms with Gasteiger partial charge in [0.15, 0.2) is 6.10 Å². The summed E-state index contributed by atoms with van der Waals surface area (Å²) >= 11 is 0. The van der Waals surface area contributed by atoms with Crippen LogP contribution in [0.2, 0.25) is 0 Å². The molecule has 0 aliphatic heterocycles. The molecule has 0 aromatic heterocycles. The van der Waals surface area contributed by atoms with Crippen molar-refractivity contribution in [3.05, 3.63) is 48.6 Å². The Labute approximate surface area is 208 Å². The second kappa shape index (κ2) is 21.3. The summed E-state index contributed by atoms with van der Waals surface area (Å²) in [5.41, 5.74) is 0. The number of aliphatic hydroxyl groups is 1. The number of esters is 2. The third kappa shape index (κ3) is 24.9. The molecule has 0 saturated carbocycles. The number of unbranched alkanes of at least 4 members (excludes halogenated alkanes) is 4. The average Bonchev–Trinajstić information content (AvgIpc) is 2.78. The highest BCUT2D eigenvalue weighted by Gasteiger charge is 2.21. The minimum Gasteiger partial charge on any atom is -0.462 e. The van der Waals surface area contributed by atoms with Crippen LogP contribution in [0.3, 0.4) is 0 Å². The molecule has 0 aromatic rings. The Morgan fingerprint density at radius 3 is 2.34 bits per heavy atom. The molecule has 0 saturated heterocycles. The molecule has 0 aliphatic rings. The molecule has 0 spiro atoms. The van der Waals surface area contributed by atoms with E-state index in [2.05, 4.69) is 23.6 Å². The maximum absolute atomic E-state index is 11.8. The lowest BCUT2D eigenvalue weighted by Gasteiger charge is -2.17. The molecular formula is C25H41O9P. The lowest BCUT2D eigenvalue weighted by Crippen LogP contribution is -2.28. The molecule has 0 heterocycles. The molecule has 0 radical (unpaired) electrons. The molecule has 0 amide bonds. The minimum atomic E-state index is -4.73. The number of aliphatic hydroxyl groups excluding tert-OH is 1. The number of allylic oxidation sites excluding steroid dienone is 6. The van der Waals surface area contributed by atoms with Gasteiger partial charge in [0.25, 0.3) is 0 Å². The van der Waals surface area contributed by atoms with Gasteiger partial charge in [-0.1, -0.05) is 68.4 Å². The molecular weight excluding hydrogens is 475 g/mol. The van der Waals surface area contributed by atoms with Crippen LogP contribution in [0.15, 0.2) is 48.6 Å². The van der Waals surface area contributed by atoms with Crippen molar-refractivity contribution >= 4 is 19.8 Å². The zero-order valence-corrected chi connectivity index (χ0v) is 21.7. The van der Waals surface area contributed by atoms with E-state index in [0.29, 0.717) is 19.3 Å². The molecule has 200 valence electrons. The largest absolute Gasteiger partial charge is 0.469 e. The summed E-state index contributed by atoms with van der Waals surface area (Å²) < 4.78 is 24.8. The van der Waals surface area contributed by atoms with Gasteiger partial charge in [-0.15, -0.1) is 0 Å². The summed E-state index contributed by atoms with van der Waals surface area (Å²) in [6.45, 7) is 2.36. The van der Waals surface area contributed by atoms with Crippen LogP contribution in [0.4, 0.5) is 0 Å². The van der Waals surface area contributed by atoms with Crippen molar-refractivity contribution in [2.45, 2.75) is 83.8 Å². The van der Waals surface area contributed by atoms with Gasteiger partial charge in [0.2, 0.25) is 0 Å². The summed E-state index contributed by atoms with van der Waals surface area (Å²) in [7, 11) is -4.73. The number of carbonyl (C=O) groups is 2. The Hall–Kier alpha value is -2.03. The van der Waals surface area contributed by atoms with Crippen LogP contribution >= 0.6 is 7.82 Å². The van der Waals surface area contributed by atoms with Crippen molar-refractivity contribution in [2.75, 3.05) is 13.2 Å². The van der Waals surface area contributed by atoms with Gasteiger partial charge in [-0.2, -0.15) is 0 Å². The van der Waals surface area contributed by atoms with E-state index in [1.807, 2.05) is 18.2 Å². The number of carbonyl (C=O) groups excluding carboxylic acids is 2. The molecule has 35 heavy (non-hydrogen) atoms. The molecule has 0 bridgehead atoms. The zero-order chi connectivity index (χ0) is 26.4. The Kier molecular flexibility index (Phi) is 20.0. The van der Waals surface area contributed by atoms with E-state index in [1.54, 1.807) is 18.2 Å². The van der Waals surface area contributed by atoms with Crippen molar-refractivity contribution in [1.82, 2.24) is 0 Å². The Balaban J connectivity index is 3.99. The maximum atomic E-state index is 11.8. The van der Waals surface area contributed by atoms with E-state index >= 15 is 0 Å². The van der Waals surface area contributed by atoms with E-state index in [-0.39, 0.29) is 13.0 Å². The molecule has 1 unspecified atom stereocenters. The number of hydrogen-bond acceptors (Lipinski definition) is 7. The van der Waals surface area contributed by atoms with E-state index in [1.165, 1.54) is 19.3 Å². The van der Waals surface area contributed by atoms with Crippen LogP contribution in [0.25, 0.3) is 0 Å². The van der Waals surface area contributed by atoms with Crippen LogP contribution in [0.5, 0.6) is 0 Å². The zero-order valence-electron chi connectivity index (χ0n) is 20.8. The molecule has 2 atom stereocenters. The van der Waals surface area contributed by atoms with E-state index in [0.717, 1.165) is 19.8 Å². The standard InChI is InChI=1S/C25H41O9P/c1-3-4-5-6-7-8-9-11-14-17-23(27)18-15-12-10-13-16-19-25(28)32-20-24(34-22(2)26)21-33-35(29,30)31/h7-8,10-12,14-15,18,23-24,27H,3-6,9,13,16-17,19-21H2,1-2H3,(H2,29,30,31)/b8-7-,12-10+,14-11-,18-15-/t23?,24-/m1/s1. The predicted octanol–water partition coefficient (Wildman–Crippen LogP) is 4.69. The fourth-order valence-corrected chi connectivity index (χ4v) is 3.10. The number of phosphoric acid groups is 1. The van der Waals surface area contributed by atoms with Crippen LogP contribution in [0.1, 0.15) is 71.6 Å². The lowest BCUT2D eigenvalue weighted by molar-refractivity contribution is -0.159. The fraction of sp³-hybridized carbons (Fsp3) is 0.600. The van der Waals surface area contributed by atoms with Crippen LogP contribution in [-0.2, 0) is 28.2 Å². The Morgan fingerprint density at radius 1 is 0.943 bits per heavy atom. The summed E-state index contributed by atoms with van der Waals surface area (Å²) in [6, 6.07) is 0. The highest BCUT2D eigenvalue weighted by molar-refractivity contribution is 7.46. The number of ether oxygens (including phenoxy) is 2. The predicted molar refractivity (Wildman–Crippen MR) is 134 cm³/mol.